The van der Waals surface area contributed by atoms with Crippen molar-refractivity contribution in [3.05, 3.63) is 237 Å². The first-order chi connectivity index (χ1) is 29.8. The van der Waals surface area contributed by atoms with Crippen LogP contribution in [0.4, 0.5) is 0 Å². The van der Waals surface area contributed by atoms with Crippen LogP contribution in [-0.2, 0) is 0 Å². The van der Waals surface area contributed by atoms with E-state index in [4.69, 9.17) is 0 Å². The fraction of sp³-hybridized carbons (Fsp3) is 0. The molecule has 0 saturated carbocycles. The summed E-state index contributed by atoms with van der Waals surface area (Å²) in [6, 6.07) is 83.9. The van der Waals surface area contributed by atoms with Crippen LogP contribution in [0, 0.1) is 0 Å². The summed E-state index contributed by atoms with van der Waals surface area (Å²) in [5.41, 5.74) is 17.8. The van der Waals surface area contributed by atoms with Gasteiger partial charge >= 0.3 is 0 Å². The molecular weight excluding hydrogens is 723 g/mol. The maximum Gasteiger partial charge on any atom is 0.0708 e. The molecule has 0 aliphatic heterocycles. The lowest BCUT2D eigenvalue weighted by Gasteiger charge is -2.21. The first-order valence-electron chi connectivity index (χ1n) is 20.6. The number of fused-ring (bicyclic) bond motifs is 3. The highest BCUT2D eigenvalue weighted by Gasteiger charge is 2.20. The number of benzene rings is 10. The highest BCUT2D eigenvalue weighted by molar-refractivity contribution is 6.21. The van der Waals surface area contributed by atoms with Crippen LogP contribution in [0.3, 0.4) is 0 Å². The molecular formula is C59H39N. The highest BCUT2D eigenvalue weighted by atomic mass is 14.6. The molecule has 0 N–H and O–H groups in total. The monoisotopic (exact) mass is 761 g/mol. The van der Waals surface area contributed by atoms with Crippen molar-refractivity contribution in [3.8, 4) is 77.9 Å². The van der Waals surface area contributed by atoms with Gasteiger partial charge < -0.3 is 0 Å². The average molecular weight is 762 g/mol. The molecule has 0 unspecified atom stereocenters. The zero-order valence-corrected chi connectivity index (χ0v) is 33.0. The third-order valence-corrected chi connectivity index (χ3v) is 11.9. The molecule has 0 amide bonds. The number of pyridine rings is 1. The van der Waals surface area contributed by atoms with Gasteiger partial charge in [0.25, 0.3) is 0 Å². The standard InChI is InChI=1S/C59H39N/c1-4-17-40(18-5-1)49-37-54(41-19-6-2-7-20-41)59(55(38-49)42-21-8-3-9-22-42)48-26-15-25-47(36-48)58-52-30-12-10-28-50(52)57(51-29-11-13-31-53(51)58)46-24-14-23-44(35-46)45-33-32-43-27-16-34-60-56(43)39-45/h1-39H. The third kappa shape index (κ3) is 6.34. The minimum atomic E-state index is 1.00. The van der Waals surface area contributed by atoms with Crippen molar-refractivity contribution < 1.29 is 0 Å². The second-order valence-corrected chi connectivity index (χ2v) is 15.5. The molecule has 1 aromatic heterocycles. The van der Waals surface area contributed by atoms with Crippen molar-refractivity contribution in [1.82, 2.24) is 4.98 Å². The normalized spacial score (nSPS) is 11.3. The lowest BCUT2D eigenvalue weighted by Crippen LogP contribution is -1.94. The Hall–Kier alpha value is -7.87. The second kappa shape index (κ2) is 15.1. The van der Waals surface area contributed by atoms with E-state index in [-0.39, 0.29) is 0 Å². The van der Waals surface area contributed by atoms with Gasteiger partial charge in [-0.05, 0) is 136 Å². The van der Waals surface area contributed by atoms with Crippen LogP contribution >= 0.6 is 0 Å². The Bertz CT molecular complexity index is 3230. The minimum absolute atomic E-state index is 1.00. The van der Waals surface area contributed by atoms with Gasteiger partial charge in [-0.15, -0.1) is 0 Å². The third-order valence-electron chi connectivity index (χ3n) is 11.9. The van der Waals surface area contributed by atoms with Crippen LogP contribution in [0.2, 0.25) is 0 Å². The Balaban J connectivity index is 1.13. The number of nitrogens with zero attached hydrogens (tertiary/aromatic N) is 1. The Morgan fingerprint density at radius 2 is 0.650 bits per heavy atom. The number of aromatic nitrogens is 1. The molecule has 0 saturated heterocycles. The van der Waals surface area contributed by atoms with Crippen molar-refractivity contribution in [2.24, 2.45) is 0 Å². The molecule has 1 nitrogen and oxygen atoms in total. The number of hydrogen-bond donors (Lipinski definition) is 0. The maximum absolute atomic E-state index is 4.65. The second-order valence-electron chi connectivity index (χ2n) is 15.5. The number of rotatable bonds is 7. The Morgan fingerprint density at radius 1 is 0.233 bits per heavy atom. The molecule has 10 aromatic carbocycles. The van der Waals surface area contributed by atoms with Crippen LogP contribution in [0.5, 0.6) is 0 Å². The average Bonchev–Trinajstić information content (AvgIpc) is 3.33. The van der Waals surface area contributed by atoms with Gasteiger partial charge in [-0.1, -0.05) is 194 Å². The molecule has 0 radical (unpaired) electrons. The molecule has 11 aromatic rings. The van der Waals surface area contributed by atoms with Crippen molar-refractivity contribution in [1.29, 1.82) is 0 Å². The first kappa shape index (κ1) is 35.3. The van der Waals surface area contributed by atoms with Gasteiger partial charge in [0.1, 0.15) is 0 Å². The highest BCUT2D eigenvalue weighted by Crippen LogP contribution is 2.47. The summed E-state index contributed by atoms with van der Waals surface area (Å²) in [5.74, 6) is 0. The smallest absolute Gasteiger partial charge is 0.0708 e. The zero-order valence-electron chi connectivity index (χ0n) is 33.0. The van der Waals surface area contributed by atoms with Crippen LogP contribution in [0.15, 0.2) is 237 Å². The van der Waals surface area contributed by atoms with Crippen LogP contribution in [-0.4, -0.2) is 4.98 Å². The molecule has 280 valence electrons. The molecule has 11 rings (SSSR count). The van der Waals surface area contributed by atoms with E-state index in [0.717, 1.165) is 16.5 Å². The van der Waals surface area contributed by atoms with Gasteiger partial charge in [0, 0.05) is 11.6 Å². The summed E-state index contributed by atoms with van der Waals surface area (Å²) in [6.07, 6.45) is 1.87. The van der Waals surface area contributed by atoms with E-state index in [0.29, 0.717) is 0 Å². The fourth-order valence-electron chi connectivity index (χ4n) is 9.12. The van der Waals surface area contributed by atoms with E-state index >= 15 is 0 Å². The SMILES string of the molecule is c1ccc(-c2cc(-c3ccccc3)c(-c3cccc(-c4c5ccccc5c(-c5cccc(-c6ccc7cccnc7c6)c5)c5ccccc45)c3)c(-c3ccccc3)c2)cc1. The maximum atomic E-state index is 4.65. The summed E-state index contributed by atoms with van der Waals surface area (Å²) in [6.45, 7) is 0. The van der Waals surface area contributed by atoms with Gasteiger partial charge in [-0.25, -0.2) is 0 Å². The van der Waals surface area contributed by atoms with Crippen molar-refractivity contribution in [2.75, 3.05) is 0 Å². The van der Waals surface area contributed by atoms with Gasteiger partial charge in [0.05, 0.1) is 5.52 Å². The molecule has 0 fully saturated rings. The molecule has 1 heteroatoms. The first-order valence-corrected chi connectivity index (χ1v) is 20.6. The minimum Gasteiger partial charge on any atom is -0.256 e. The molecule has 0 aliphatic carbocycles. The van der Waals surface area contributed by atoms with Gasteiger partial charge in [0.15, 0.2) is 0 Å². The lowest BCUT2D eigenvalue weighted by molar-refractivity contribution is 1.41. The molecule has 0 spiro atoms. The van der Waals surface area contributed by atoms with Crippen molar-refractivity contribution in [2.45, 2.75) is 0 Å². The summed E-state index contributed by atoms with van der Waals surface area (Å²) >= 11 is 0. The van der Waals surface area contributed by atoms with E-state index < -0.39 is 0 Å². The van der Waals surface area contributed by atoms with E-state index in [2.05, 4.69) is 229 Å². The molecule has 1 heterocycles. The molecule has 0 bridgehead atoms. The van der Waals surface area contributed by atoms with Crippen LogP contribution < -0.4 is 0 Å². The quantitative estimate of drug-likeness (QED) is 0.147. The van der Waals surface area contributed by atoms with Gasteiger partial charge in [-0.3, -0.25) is 4.98 Å². The summed E-state index contributed by atoms with van der Waals surface area (Å²) in [7, 11) is 0. The lowest BCUT2D eigenvalue weighted by atomic mass is 9.82. The van der Waals surface area contributed by atoms with Crippen molar-refractivity contribution in [3.63, 3.8) is 0 Å². The van der Waals surface area contributed by atoms with E-state index in [9.17, 15) is 0 Å². The molecule has 0 aliphatic rings. The van der Waals surface area contributed by atoms with Crippen LogP contribution in [0.25, 0.3) is 110 Å². The van der Waals surface area contributed by atoms with E-state index in [1.807, 2.05) is 12.3 Å². The van der Waals surface area contributed by atoms with E-state index in [1.165, 1.54) is 93.9 Å². The molecule has 60 heavy (non-hydrogen) atoms. The van der Waals surface area contributed by atoms with E-state index in [1.54, 1.807) is 0 Å². The fourth-order valence-corrected chi connectivity index (χ4v) is 9.12. The van der Waals surface area contributed by atoms with Gasteiger partial charge in [-0.2, -0.15) is 0 Å². The summed E-state index contributed by atoms with van der Waals surface area (Å²) in [5, 5.41) is 6.07. The predicted molar refractivity (Wildman–Crippen MR) is 255 cm³/mol. The summed E-state index contributed by atoms with van der Waals surface area (Å²) < 4.78 is 0. The Labute approximate surface area is 350 Å². The summed E-state index contributed by atoms with van der Waals surface area (Å²) in [4.78, 5) is 4.65. The Kier molecular flexibility index (Phi) is 8.91. The van der Waals surface area contributed by atoms with Crippen molar-refractivity contribution >= 4 is 32.4 Å². The largest absolute Gasteiger partial charge is 0.256 e. The topological polar surface area (TPSA) is 12.9 Å². The number of hydrogen-bond acceptors (Lipinski definition) is 1. The predicted octanol–water partition coefficient (Wildman–Crippen LogP) is 16.2. The zero-order chi connectivity index (χ0) is 39.8. The van der Waals surface area contributed by atoms with Crippen LogP contribution in [0.1, 0.15) is 0 Å². The Morgan fingerprint density at radius 3 is 1.18 bits per heavy atom. The van der Waals surface area contributed by atoms with Gasteiger partial charge in [0.2, 0.25) is 0 Å². The molecule has 0 atom stereocenters.